The van der Waals surface area contributed by atoms with E-state index < -0.39 is 0 Å². The molecule has 0 aromatic heterocycles. The molecular formula is C36H52N2Ni. The summed E-state index contributed by atoms with van der Waals surface area (Å²) in [5.74, 6) is 0. The van der Waals surface area contributed by atoms with Gasteiger partial charge >= 0.3 is 0 Å². The Bertz CT molecular complexity index is 1040. The molecule has 0 bridgehead atoms. The molecule has 1 aliphatic rings. The van der Waals surface area contributed by atoms with Crippen LogP contribution in [0, 0.1) is 0 Å². The van der Waals surface area contributed by atoms with E-state index >= 15 is 0 Å². The van der Waals surface area contributed by atoms with Gasteiger partial charge in [0, 0.05) is 39.8 Å². The summed E-state index contributed by atoms with van der Waals surface area (Å²) in [6.07, 6.45) is 23.7. The van der Waals surface area contributed by atoms with Crippen LogP contribution >= 0.6 is 0 Å². The summed E-state index contributed by atoms with van der Waals surface area (Å²) in [6.45, 7) is 9.05. The van der Waals surface area contributed by atoms with Crippen molar-refractivity contribution in [2.24, 2.45) is 0 Å². The van der Waals surface area contributed by atoms with Crippen molar-refractivity contribution in [3.63, 3.8) is 0 Å². The SMILES string of the molecule is CCCCCCc1cc(CCCCCC)cc(C2=CC=C(c3cc(CCCC)cc(CCCC)c3)[N+]2=[N-])c1.[Ni]. The molecule has 1 heterocycles. The van der Waals surface area contributed by atoms with Gasteiger partial charge in [-0.05, 0) is 97.9 Å². The van der Waals surface area contributed by atoms with Gasteiger partial charge in [-0.15, -0.1) is 0 Å². The molecule has 0 amide bonds. The summed E-state index contributed by atoms with van der Waals surface area (Å²) in [6, 6.07) is 14.0. The minimum Gasteiger partial charge on any atom is -0.493 e. The van der Waals surface area contributed by atoms with E-state index in [2.05, 4.69) is 76.2 Å². The van der Waals surface area contributed by atoms with Crippen molar-refractivity contribution in [2.45, 2.75) is 130 Å². The van der Waals surface area contributed by atoms with Crippen LogP contribution in [-0.4, -0.2) is 4.70 Å². The number of hydrogen-bond donors (Lipinski definition) is 0. The largest absolute Gasteiger partial charge is 0.493 e. The first-order chi connectivity index (χ1) is 18.6. The molecule has 0 saturated heterocycles. The molecule has 216 valence electrons. The van der Waals surface area contributed by atoms with Crippen LogP contribution in [0.2, 0.25) is 0 Å². The van der Waals surface area contributed by atoms with Gasteiger partial charge in [-0.2, -0.15) is 0 Å². The van der Waals surface area contributed by atoms with E-state index in [1.54, 1.807) is 0 Å². The molecule has 3 rings (SSSR count). The Morgan fingerprint density at radius 1 is 0.462 bits per heavy atom. The molecule has 2 nitrogen and oxygen atoms in total. The average molecular weight is 572 g/mol. The molecule has 39 heavy (non-hydrogen) atoms. The maximum atomic E-state index is 11.5. The second-order valence-corrected chi connectivity index (χ2v) is 11.3. The standard InChI is InChI=1S/C36H52N2.Ni/c1-5-9-13-15-19-31-24-32(20-16-14-10-6-2)28-34(27-31)36-22-21-35(38(36)37)33-25-29(17-11-7-3)23-30(26-33)18-12-8-4;/h21-28H,5-20H2,1-4H3;. The molecule has 0 radical (unpaired) electrons. The van der Waals surface area contributed by atoms with Gasteiger partial charge in [-0.3, -0.25) is 0 Å². The topological polar surface area (TPSA) is 25.3 Å². The maximum Gasteiger partial charge on any atom is 0.207 e. The van der Waals surface area contributed by atoms with Crippen LogP contribution in [0.3, 0.4) is 0 Å². The third-order valence-corrected chi connectivity index (χ3v) is 7.83. The van der Waals surface area contributed by atoms with E-state index in [0.29, 0.717) is 0 Å². The predicted molar refractivity (Wildman–Crippen MR) is 165 cm³/mol. The summed E-state index contributed by atoms with van der Waals surface area (Å²) < 4.78 is 1.44. The molecular weight excluding hydrogens is 519 g/mol. The van der Waals surface area contributed by atoms with Crippen LogP contribution in [0.1, 0.15) is 138 Å². The van der Waals surface area contributed by atoms with Crippen molar-refractivity contribution >= 4 is 11.4 Å². The van der Waals surface area contributed by atoms with Crippen LogP contribution < -0.4 is 0 Å². The fraction of sp³-hybridized carbons (Fsp3) is 0.556. The molecule has 0 fully saturated rings. The van der Waals surface area contributed by atoms with Gasteiger partial charge in [0.25, 0.3) is 0 Å². The molecule has 0 N–H and O–H groups in total. The number of nitrogens with zero attached hydrogens (tertiary/aromatic N) is 2. The van der Waals surface area contributed by atoms with Crippen molar-refractivity contribution in [1.29, 1.82) is 0 Å². The van der Waals surface area contributed by atoms with Crippen LogP contribution in [-0.2, 0) is 42.2 Å². The third-order valence-electron chi connectivity index (χ3n) is 7.83. The van der Waals surface area contributed by atoms with Gasteiger partial charge < -0.3 is 5.53 Å². The monoisotopic (exact) mass is 570 g/mol. The summed E-state index contributed by atoms with van der Waals surface area (Å²) in [4.78, 5) is 0. The van der Waals surface area contributed by atoms with Crippen molar-refractivity contribution in [1.82, 2.24) is 0 Å². The van der Waals surface area contributed by atoms with Crippen molar-refractivity contribution in [2.75, 3.05) is 0 Å². The zero-order valence-corrected chi connectivity index (χ0v) is 26.1. The van der Waals surface area contributed by atoms with Gasteiger partial charge in [-0.1, -0.05) is 91.2 Å². The van der Waals surface area contributed by atoms with E-state index in [0.717, 1.165) is 48.2 Å². The summed E-state index contributed by atoms with van der Waals surface area (Å²) in [7, 11) is 0. The first-order valence-corrected chi connectivity index (χ1v) is 15.8. The molecule has 0 unspecified atom stereocenters. The Morgan fingerprint density at radius 3 is 1.13 bits per heavy atom. The minimum absolute atomic E-state index is 0. The van der Waals surface area contributed by atoms with Gasteiger partial charge in [0.05, 0.1) is 0 Å². The van der Waals surface area contributed by atoms with Crippen LogP contribution in [0.4, 0.5) is 0 Å². The molecule has 0 spiro atoms. The Hall–Kier alpha value is -1.99. The van der Waals surface area contributed by atoms with Crippen molar-refractivity contribution in [3.05, 3.63) is 87.5 Å². The van der Waals surface area contributed by atoms with Gasteiger partial charge in [0.2, 0.25) is 11.4 Å². The van der Waals surface area contributed by atoms with Gasteiger partial charge in [-0.25, -0.2) is 4.70 Å². The minimum atomic E-state index is 0. The zero-order valence-electron chi connectivity index (χ0n) is 25.1. The van der Waals surface area contributed by atoms with E-state index in [1.165, 1.54) is 104 Å². The molecule has 3 heteroatoms. The smallest absolute Gasteiger partial charge is 0.207 e. The fourth-order valence-electron chi connectivity index (χ4n) is 5.54. The fourth-order valence-corrected chi connectivity index (χ4v) is 5.54. The van der Waals surface area contributed by atoms with E-state index in [9.17, 15) is 5.53 Å². The van der Waals surface area contributed by atoms with Gasteiger partial charge in [0.15, 0.2) is 0 Å². The van der Waals surface area contributed by atoms with E-state index in [4.69, 9.17) is 0 Å². The Kier molecular flexibility index (Phi) is 15.7. The summed E-state index contributed by atoms with van der Waals surface area (Å²) >= 11 is 0. The third kappa shape index (κ3) is 10.5. The number of benzene rings is 2. The average Bonchev–Trinajstić information content (AvgIpc) is 3.32. The maximum absolute atomic E-state index is 11.5. The quantitative estimate of drug-likeness (QED) is 0.0966. The molecule has 2 aromatic carbocycles. The first kappa shape index (κ1) is 33.2. The van der Waals surface area contributed by atoms with Crippen LogP contribution in [0.25, 0.3) is 16.9 Å². The number of hydrogen-bond acceptors (Lipinski definition) is 0. The number of allylic oxidation sites excluding steroid dienone is 2. The number of aryl methyl sites for hydroxylation is 4. The normalized spacial score (nSPS) is 12.9. The molecule has 0 atom stereocenters. The Morgan fingerprint density at radius 2 is 0.795 bits per heavy atom. The van der Waals surface area contributed by atoms with Gasteiger partial charge in [0.1, 0.15) is 0 Å². The Labute approximate surface area is 249 Å². The summed E-state index contributed by atoms with van der Waals surface area (Å²) in [5.41, 5.74) is 21.1. The molecule has 0 aliphatic carbocycles. The molecule has 1 aliphatic heterocycles. The molecule has 0 saturated carbocycles. The van der Waals surface area contributed by atoms with E-state index in [-0.39, 0.29) is 16.5 Å². The number of rotatable bonds is 18. The first-order valence-electron chi connectivity index (χ1n) is 15.8. The van der Waals surface area contributed by atoms with Crippen LogP contribution in [0.15, 0.2) is 48.6 Å². The zero-order chi connectivity index (χ0) is 27.2. The van der Waals surface area contributed by atoms with Crippen molar-refractivity contribution in [3.8, 4) is 0 Å². The van der Waals surface area contributed by atoms with Crippen LogP contribution in [0.5, 0.6) is 0 Å². The molecule has 2 aromatic rings. The predicted octanol–water partition coefficient (Wildman–Crippen LogP) is 11.0. The summed E-state index contributed by atoms with van der Waals surface area (Å²) in [5, 5.41) is 0. The van der Waals surface area contributed by atoms with E-state index in [1.807, 2.05) is 0 Å². The second-order valence-electron chi connectivity index (χ2n) is 11.3. The van der Waals surface area contributed by atoms with Crippen molar-refractivity contribution < 1.29 is 21.2 Å². The second kappa shape index (κ2) is 18.4. The number of unbranched alkanes of at least 4 members (excludes halogenated alkanes) is 8. The Balaban J connectivity index is 0.00000533.